The van der Waals surface area contributed by atoms with E-state index in [1.54, 1.807) is 0 Å². The number of amides is 2. The van der Waals surface area contributed by atoms with Gasteiger partial charge in [0.25, 0.3) is 11.8 Å². The standard InChI is InChI=1S/C29H34FN9O2/c30-24(16-39-18-27(35-37-39)29(41)33-15-25-13-23(8-10-31-25)21-6-7-21)9-11-38-17-26(34-36-38)28(40)32-14-19-2-1-3-22(12-19)20-4-5-20/h1-3,8,10,12,17-18,20-21,23-24H,4-7,9,11,13-16H2,(H,32,40)(H,33,41). The Morgan fingerprint density at radius 2 is 1.71 bits per heavy atom. The minimum absolute atomic E-state index is 0.0528. The van der Waals surface area contributed by atoms with E-state index in [2.05, 4.69) is 54.5 Å². The van der Waals surface area contributed by atoms with E-state index in [9.17, 15) is 14.0 Å². The van der Waals surface area contributed by atoms with Gasteiger partial charge < -0.3 is 10.6 Å². The number of rotatable bonds is 13. The predicted octanol–water partition coefficient (Wildman–Crippen LogP) is 3.22. The highest BCUT2D eigenvalue weighted by molar-refractivity contribution is 5.96. The Bertz CT molecular complexity index is 1450. The van der Waals surface area contributed by atoms with Crippen molar-refractivity contribution in [3.05, 3.63) is 71.4 Å². The van der Waals surface area contributed by atoms with E-state index >= 15 is 0 Å². The van der Waals surface area contributed by atoms with E-state index < -0.39 is 6.17 Å². The van der Waals surface area contributed by atoms with E-state index in [0.717, 1.165) is 23.6 Å². The number of aryl methyl sites for hydroxylation is 1. The molecule has 2 atom stereocenters. The van der Waals surface area contributed by atoms with Crippen LogP contribution in [0.5, 0.6) is 0 Å². The van der Waals surface area contributed by atoms with Crippen LogP contribution in [0.1, 0.15) is 76.5 Å². The lowest BCUT2D eigenvalue weighted by molar-refractivity contribution is 0.0941. The van der Waals surface area contributed by atoms with E-state index in [-0.39, 0.29) is 42.7 Å². The van der Waals surface area contributed by atoms with Crippen molar-refractivity contribution in [2.45, 2.75) is 70.2 Å². The number of hydrogen-bond acceptors (Lipinski definition) is 7. The van der Waals surface area contributed by atoms with Gasteiger partial charge in [-0.3, -0.25) is 19.3 Å². The molecule has 2 aliphatic carbocycles. The first-order valence-corrected chi connectivity index (χ1v) is 14.3. The van der Waals surface area contributed by atoms with Crippen molar-refractivity contribution >= 4 is 17.5 Å². The lowest BCUT2D eigenvalue weighted by atomic mass is 9.95. The largest absolute Gasteiger partial charge is 0.347 e. The van der Waals surface area contributed by atoms with Crippen molar-refractivity contribution in [2.24, 2.45) is 16.8 Å². The van der Waals surface area contributed by atoms with Crippen molar-refractivity contribution in [1.29, 1.82) is 0 Å². The lowest BCUT2D eigenvalue weighted by Crippen LogP contribution is -2.31. The first kappa shape index (κ1) is 27.0. The van der Waals surface area contributed by atoms with Crippen molar-refractivity contribution in [3.8, 4) is 0 Å². The molecule has 0 radical (unpaired) electrons. The maximum atomic E-state index is 14.7. The zero-order chi connectivity index (χ0) is 28.2. The zero-order valence-electron chi connectivity index (χ0n) is 22.8. The summed E-state index contributed by atoms with van der Waals surface area (Å²) >= 11 is 0. The average Bonchev–Trinajstić information content (AvgIpc) is 3.93. The Labute approximate surface area is 237 Å². The molecular weight excluding hydrogens is 525 g/mol. The van der Waals surface area contributed by atoms with Crippen LogP contribution in [0, 0.1) is 11.8 Å². The van der Waals surface area contributed by atoms with Gasteiger partial charge >= 0.3 is 0 Å². The number of aromatic nitrogens is 6. The van der Waals surface area contributed by atoms with Gasteiger partial charge in [0, 0.05) is 31.4 Å². The van der Waals surface area contributed by atoms with Crippen molar-refractivity contribution in [3.63, 3.8) is 0 Å². The monoisotopic (exact) mass is 559 g/mol. The molecule has 2 amide bonds. The van der Waals surface area contributed by atoms with Crippen LogP contribution in [0.2, 0.25) is 0 Å². The Hall–Kier alpha value is -4.22. The second-order valence-electron chi connectivity index (χ2n) is 11.2. The molecule has 12 heteroatoms. The molecule has 2 saturated carbocycles. The SMILES string of the molecule is O=C(NCc1cccc(C2CC2)c1)c1cn(CCC(F)Cn2cc(C(=O)NCC3=NC=CC(C4CC4)C3)nn2)nn1. The fourth-order valence-electron chi connectivity index (χ4n) is 5.11. The van der Waals surface area contributed by atoms with Crippen LogP contribution in [0.3, 0.4) is 0 Å². The molecule has 2 unspecified atom stereocenters. The molecule has 0 saturated heterocycles. The lowest BCUT2D eigenvalue weighted by Gasteiger charge is -2.16. The molecule has 6 rings (SSSR count). The van der Waals surface area contributed by atoms with E-state index in [1.807, 2.05) is 18.3 Å². The number of hydrogen-bond donors (Lipinski definition) is 2. The van der Waals surface area contributed by atoms with Crippen molar-refractivity contribution < 1.29 is 14.0 Å². The second kappa shape index (κ2) is 12.1. The average molecular weight is 560 g/mol. The molecule has 11 nitrogen and oxygen atoms in total. The van der Waals surface area contributed by atoms with Crippen LogP contribution in [0.25, 0.3) is 0 Å². The van der Waals surface area contributed by atoms with Crippen LogP contribution in [0.4, 0.5) is 4.39 Å². The van der Waals surface area contributed by atoms with E-state index in [0.29, 0.717) is 24.9 Å². The van der Waals surface area contributed by atoms with Gasteiger partial charge in [0.2, 0.25) is 0 Å². The second-order valence-corrected chi connectivity index (χ2v) is 11.2. The number of carbonyl (C=O) groups excluding carboxylic acids is 2. The Kier molecular flexibility index (Phi) is 7.97. The summed E-state index contributed by atoms with van der Waals surface area (Å²) in [5.41, 5.74) is 3.63. The van der Waals surface area contributed by atoms with Crippen LogP contribution in [-0.4, -0.2) is 60.2 Å². The molecule has 3 heterocycles. The fourth-order valence-corrected chi connectivity index (χ4v) is 5.11. The Morgan fingerprint density at radius 1 is 0.976 bits per heavy atom. The highest BCUT2D eigenvalue weighted by Crippen LogP contribution is 2.40. The minimum Gasteiger partial charge on any atom is -0.347 e. The third-order valence-electron chi connectivity index (χ3n) is 7.79. The topological polar surface area (TPSA) is 132 Å². The highest BCUT2D eigenvalue weighted by atomic mass is 19.1. The summed E-state index contributed by atoms with van der Waals surface area (Å²) in [4.78, 5) is 29.4. The number of carbonyl (C=O) groups is 2. The molecule has 2 fully saturated rings. The molecule has 1 aliphatic heterocycles. The van der Waals surface area contributed by atoms with E-state index in [1.165, 1.54) is 53.0 Å². The molecule has 0 spiro atoms. The van der Waals surface area contributed by atoms with Gasteiger partial charge in [0.1, 0.15) is 6.17 Å². The summed E-state index contributed by atoms with van der Waals surface area (Å²) in [7, 11) is 0. The Balaban J connectivity index is 0.915. The van der Waals surface area contributed by atoms with Gasteiger partial charge in [-0.2, -0.15) is 0 Å². The first-order valence-electron chi connectivity index (χ1n) is 14.3. The van der Waals surface area contributed by atoms with Gasteiger partial charge in [-0.15, -0.1) is 10.2 Å². The summed E-state index contributed by atoms with van der Waals surface area (Å²) in [5.74, 6) is 1.23. The van der Waals surface area contributed by atoms with Gasteiger partial charge in [-0.25, -0.2) is 9.07 Å². The summed E-state index contributed by atoms with van der Waals surface area (Å²) in [6, 6.07) is 8.27. The third-order valence-corrected chi connectivity index (χ3v) is 7.79. The molecule has 0 bridgehead atoms. The minimum atomic E-state index is -1.25. The molecule has 41 heavy (non-hydrogen) atoms. The summed E-state index contributed by atoms with van der Waals surface area (Å²) in [6.45, 7) is 0.953. The van der Waals surface area contributed by atoms with Crippen LogP contribution in [-0.2, 0) is 19.6 Å². The van der Waals surface area contributed by atoms with Crippen LogP contribution >= 0.6 is 0 Å². The Morgan fingerprint density at radius 3 is 2.46 bits per heavy atom. The number of halogens is 1. The molecule has 1 aromatic carbocycles. The smallest absolute Gasteiger partial charge is 0.273 e. The van der Waals surface area contributed by atoms with Crippen molar-refractivity contribution in [1.82, 2.24) is 40.6 Å². The van der Waals surface area contributed by atoms with Gasteiger partial charge in [0.05, 0.1) is 25.5 Å². The number of alkyl halides is 1. The van der Waals surface area contributed by atoms with Gasteiger partial charge in [-0.1, -0.05) is 40.8 Å². The van der Waals surface area contributed by atoms with Gasteiger partial charge in [0.15, 0.2) is 11.4 Å². The number of aliphatic imine (C=N–C) groups is 1. The summed E-state index contributed by atoms with van der Waals surface area (Å²) in [6.07, 6.45) is 11.7. The zero-order valence-corrected chi connectivity index (χ0v) is 22.8. The van der Waals surface area contributed by atoms with E-state index in [4.69, 9.17) is 0 Å². The molecular formula is C29H34FN9O2. The predicted molar refractivity (Wildman–Crippen MR) is 149 cm³/mol. The summed E-state index contributed by atoms with van der Waals surface area (Å²) in [5, 5.41) is 21.4. The molecule has 3 aliphatic rings. The molecule has 2 N–H and O–H groups in total. The number of benzene rings is 1. The summed E-state index contributed by atoms with van der Waals surface area (Å²) < 4.78 is 17.5. The molecule has 2 aromatic heterocycles. The maximum absolute atomic E-state index is 14.7. The number of nitrogens with zero attached hydrogens (tertiary/aromatic N) is 7. The van der Waals surface area contributed by atoms with Crippen LogP contribution < -0.4 is 10.6 Å². The van der Waals surface area contributed by atoms with Crippen molar-refractivity contribution in [2.75, 3.05) is 6.54 Å². The number of allylic oxidation sites excluding steroid dienone is 1. The maximum Gasteiger partial charge on any atom is 0.273 e. The molecule has 214 valence electrons. The fraction of sp³-hybridized carbons (Fsp3) is 0.483. The van der Waals surface area contributed by atoms with Gasteiger partial charge in [-0.05, 0) is 61.0 Å². The van der Waals surface area contributed by atoms with Crippen LogP contribution in [0.15, 0.2) is 53.9 Å². The third kappa shape index (κ3) is 7.30. The number of nitrogens with one attached hydrogen (secondary N) is 2. The molecule has 3 aromatic rings. The normalized spacial score (nSPS) is 19.0. The highest BCUT2D eigenvalue weighted by Gasteiger charge is 2.31. The quantitative estimate of drug-likeness (QED) is 0.331. The first-order chi connectivity index (χ1) is 20.0.